The van der Waals surface area contributed by atoms with Gasteiger partial charge in [0.05, 0.1) is 6.54 Å². The Morgan fingerprint density at radius 2 is 2.18 bits per heavy atom. The first-order chi connectivity index (χ1) is 8.29. The van der Waals surface area contributed by atoms with E-state index < -0.39 is 0 Å². The number of likely N-dealkylation sites (tertiary alicyclic amines) is 1. The molecule has 1 saturated carbocycles. The third kappa shape index (κ3) is 4.28. The number of nitrogens with zero attached hydrogens (tertiary/aromatic N) is 1. The zero-order valence-electron chi connectivity index (χ0n) is 10.9. The summed E-state index contributed by atoms with van der Waals surface area (Å²) >= 11 is 0. The normalized spacial score (nSPS) is 25.1. The Labute approximate surface area is 104 Å². The van der Waals surface area contributed by atoms with E-state index in [1.807, 2.05) is 0 Å². The van der Waals surface area contributed by atoms with Gasteiger partial charge in [-0.2, -0.15) is 0 Å². The quantitative estimate of drug-likeness (QED) is 0.683. The molecule has 2 rings (SSSR count). The molecule has 1 heterocycles. The minimum Gasteiger partial charge on any atom is -0.355 e. The molecule has 4 heteroatoms. The Hall–Kier alpha value is -0.610. The fourth-order valence-electron chi connectivity index (χ4n) is 2.52. The van der Waals surface area contributed by atoms with E-state index >= 15 is 0 Å². The molecule has 0 aromatic carbocycles. The SMILES string of the molecule is CCCNC(=O)CNCC1CCN(C2CC2)C1. The third-order valence-corrected chi connectivity index (χ3v) is 3.67. The second-order valence-electron chi connectivity index (χ2n) is 5.36. The lowest BCUT2D eigenvalue weighted by Gasteiger charge is -2.15. The summed E-state index contributed by atoms with van der Waals surface area (Å²) in [4.78, 5) is 14.0. The van der Waals surface area contributed by atoms with Crippen molar-refractivity contribution in [3.63, 3.8) is 0 Å². The van der Waals surface area contributed by atoms with Crippen molar-refractivity contribution in [2.45, 2.75) is 38.6 Å². The highest BCUT2D eigenvalue weighted by Gasteiger charge is 2.33. The van der Waals surface area contributed by atoms with Crippen LogP contribution in [0.3, 0.4) is 0 Å². The molecular formula is C13H25N3O. The van der Waals surface area contributed by atoms with E-state index in [0.29, 0.717) is 6.54 Å². The van der Waals surface area contributed by atoms with Crippen LogP contribution in [0.1, 0.15) is 32.6 Å². The van der Waals surface area contributed by atoms with Gasteiger partial charge < -0.3 is 15.5 Å². The number of nitrogens with one attached hydrogen (secondary N) is 2. The van der Waals surface area contributed by atoms with Crippen LogP contribution in [0.15, 0.2) is 0 Å². The average Bonchev–Trinajstić information content (AvgIpc) is 3.07. The van der Waals surface area contributed by atoms with E-state index in [9.17, 15) is 4.79 Å². The van der Waals surface area contributed by atoms with Gasteiger partial charge in [0.2, 0.25) is 5.91 Å². The van der Waals surface area contributed by atoms with Crippen LogP contribution in [0.25, 0.3) is 0 Å². The van der Waals surface area contributed by atoms with Crippen molar-refractivity contribution in [1.29, 1.82) is 0 Å². The van der Waals surface area contributed by atoms with Gasteiger partial charge >= 0.3 is 0 Å². The minimum absolute atomic E-state index is 0.129. The van der Waals surface area contributed by atoms with Crippen molar-refractivity contribution < 1.29 is 4.79 Å². The number of amides is 1. The molecule has 1 aliphatic carbocycles. The van der Waals surface area contributed by atoms with Crippen molar-refractivity contribution >= 4 is 5.91 Å². The van der Waals surface area contributed by atoms with Crippen molar-refractivity contribution in [2.75, 3.05) is 32.7 Å². The Balaban J connectivity index is 1.52. The van der Waals surface area contributed by atoms with E-state index in [-0.39, 0.29) is 5.91 Å². The second-order valence-corrected chi connectivity index (χ2v) is 5.36. The molecule has 2 fully saturated rings. The number of hydrogen-bond donors (Lipinski definition) is 2. The largest absolute Gasteiger partial charge is 0.355 e. The van der Waals surface area contributed by atoms with Gasteiger partial charge in [-0.25, -0.2) is 0 Å². The molecule has 1 saturated heterocycles. The van der Waals surface area contributed by atoms with Crippen LogP contribution in [0.4, 0.5) is 0 Å². The topological polar surface area (TPSA) is 44.4 Å². The molecule has 0 bridgehead atoms. The van der Waals surface area contributed by atoms with Crippen LogP contribution in [-0.4, -0.2) is 49.6 Å². The van der Waals surface area contributed by atoms with Gasteiger partial charge in [-0.05, 0) is 44.7 Å². The molecule has 0 radical (unpaired) electrons. The van der Waals surface area contributed by atoms with E-state index in [1.165, 1.54) is 32.4 Å². The van der Waals surface area contributed by atoms with Crippen molar-refractivity contribution in [1.82, 2.24) is 15.5 Å². The van der Waals surface area contributed by atoms with E-state index in [0.717, 1.165) is 31.5 Å². The molecule has 98 valence electrons. The maximum absolute atomic E-state index is 11.4. The lowest BCUT2D eigenvalue weighted by atomic mass is 10.1. The summed E-state index contributed by atoms with van der Waals surface area (Å²) in [5, 5.41) is 6.16. The highest BCUT2D eigenvalue weighted by molar-refractivity contribution is 5.77. The summed E-state index contributed by atoms with van der Waals surface area (Å²) in [5.74, 6) is 0.874. The van der Waals surface area contributed by atoms with Crippen LogP contribution in [0.2, 0.25) is 0 Å². The Kier molecular flexibility index (Phi) is 4.80. The van der Waals surface area contributed by atoms with Crippen LogP contribution < -0.4 is 10.6 Å². The van der Waals surface area contributed by atoms with Gasteiger partial charge in [-0.1, -0.05) is 6.92 Å². The molecule has 17 heavy (non-hydrogen) atoms. The smallest absolute Gasteiger partial charge is 0.233 e. The van der Waals surface area contributed by atoms with Crippen LogP contribution in [0, 0.1) is 5.92 Å². The summed E-state index contributed by atoms with van der Waals surface area (Å²) in [6, 6.07) is 0.896. The second kappa shape index (κ2) is 6.36. The summed E-state index contributed by atoms with van der Waals surface area (Å²) in [7, 11) is 0. The predicted octanol–water partition coefficient (Wildman–Crippen LogP) is 0.587. The van der Waals surface area contributed by atoms with Gasteiger partial charge in [0, 0.05) is 19.1 Å². The average molecular weight is 239 g/mol. The molecule has 1 amide bonds. The fraction of sp³-hybridized carbons (Fsp3) is 0.923. The number of hydrogen-bond acceptors (Lipinski definition) is 3. The minimum atomic E-state index is 0.129. The summed E-state index contributed by atoms with van der Waals surface area (Å²) < 4.78 is 0. The highest BCUT2D eigenvalue weighted by Crippen LogP contribution is 2.31. The molecule has 0 aromatic rings. The van der Waals surface area contributed by atoms with Gasteiger partial charge in [0.1, 0.15) is 0 Å². The summed E-state index contributed by atoms with van der Waals surface area (Å²) in [5.41, 5.74) is 0. The summed E-state index contributed by atoms with van der Waals surface area (Å²) in [6.45, 7) is 6.81. The third-order valence-electron chi connectivity index (χ3n) is 3.67. The molecule has 2 N–H and O–H groups in total. The molecule has 1 atom stereocenters. The molecule has 0 spiro atoms. The Morgan fingerprint density at radius 1 is 1.35 bits per heavy atom. The first kappa shape index (κ1) is 12.8. The standard InChI is InChI=1S/C13H25N3O/c1-2-6-15-13(17)9-14-8-11-5-7-16(10-11)12-3-4-12/h11-12,14H,2-10H2,1H3,(H,15,17). The zero-order chi connectivity index (χ0) is 12.1. The molecule has 4 nitrogen and oxygen atoms in total. The molecule has 0 aromatic heterocycles. The number of rotatable bonds is 7. The van der Waals surface area contributed by atoms with Gasteiger partial charge in [0.25, 0.3) is 0 Å². The first-order valence-corrected chi connectivity index (χ1v) is 7.01. The predicted molar refractivity (Wildman–Crippen MR) is 68.9 cm³/mol. The molecule has 1 unspecified atom stereocenters. The fourth-order valence-corrected chi connectivity index (χ4v) is 2.52. The summed E-state index contributed by atoms with van der Waals surface area (Å²) in [6.07, 6.45) is 5.10. The monoisotopic (exact) mass is 239 g/mol. The highest BCUT2D eigenvalue weighted by atomic mass is 16.1. The first-order valence-electron chi connectivity index (χ1n) is 7.01. The number of carbonyl (C=O) groups is 1. The Bertz CT molecular complexity index is 253. The van der Waals surface area contributed by atoms with Crippen molar-refractivity contribution in [3.8, 4) is 0 Å². The van der Waals surface area contributed by atoms with E-state index in [4.69, 9.17) is 0 Å². The lowest BCUT2D eigenvalue weighted by molar-refractivity contribution is -0.120. The zero-order valence-corrected chi connectivity index (χ0v) is 10.9. The maximum atomic E-state index is 11.4. The van der Waals surface area contributed by atoms with E-state index in [1.54, 1.807) is 0 Å². The lowest BCUT2D eigenvalue weighted by Crippen LogP contribution is -2.36. The van der Waals surface area contributed by atoms with Crippen LogP contribution in [0.5, 0.6) is 0 Å². The molecule has 1 aliphatic heterocycles. The van der Waals surface area contributed by atoms with Crippen molar-refractivity contribution in [2.24, 2.45) is 5.92 Å². The molecule has 2 aliphatic rings. The van der Waals surface area contributed by atoms with E-state index in [2.05, 4.69) is 22.5 Å². The number of carbonyl (C=O) groups excluding carboxylic acids is 1. The Morgan fingerprint density at radius 3 is 2.88 bits per heavy atom. The van der Waals surface area contributed by atoms with Crippen LogP contribution in [-0.2, 0) is 4.79 Å². The van der Waals surface area contributed by atoms with Crippen molar-refractivity contribution in [3.05, 3.63) is 0 Å². The van der Waals surface area contributed by atoms with Crippen LogP contribution >= 0.6 is 0 Å². The van der Waals surface area contributed by atoms with Gasteiger partial charge in [-0.3, -0.25) is 4.79 Å². The molecular weight excluding hydrogens is 214 g/mol. The van der Waals surface area contributed by atoms with Gasteiger partial charge in [-0.15, -0.1) is 0 Å². The maximum Gasteiger partial charge on any atom is 0.233 e. The van der Waals surface area contributed by atoms with Gasteiger partial charge in [0.15, 0.2) is 0 Å².